The van der Waals surface area contributed by atoms with Crippen LogP contribution in [-0.4, -0.2) is 29.9 Å². The maximum Gasteiger partial charge on any atom is 0.274 e. The number of nitrogens with one attached hydrogen (secondary N) is 2. The number of hydrogen-bond donors (Lipinski definition) is 2. The number of methoxy groups -OCH3 is 1. The lowest BCUT2D eigenvalue weighted by Crippen LogP contribution is -2.31. The van der Waals surface area contributed by atoms with Crippen LogP contribution in [0.3, 0.4) is 0 Å². The second-order valence-electron chi connectivity index (χ2n) is 5.19. The molecule has 120 valence electrons. The molecule has 0 aliphatic rings. The van der Waals surface area contributed by atoms with Gasteiger partial charge >= 0.3 is 0 Å². The molecular weight excluding hydrogens is 294 g/mol. The van der Waals surface area contributed by atoms with E-state index in [2.05, 4.69) is 15.6 Å². The minimum absolute atomic E-state index is 0.00429. The Morgan fingerprint density at radius 2 is 1.65 bits per heavy atom. The molecule has 1 aromatic carbocycles. The Morgan fingerprint density at radius 1 is 1.00 bits per heavy atom. The summed E-state index contributed by atoms with van der Waals surface area (Å²) in [6.45, 7) is 3.71. The Balaban J connectivity index is 2.18. The van der Waals surface area contributed by atoms with E-state index in [-0.39, 0.29) is 23.3 Å². The van der Waals surface area contributed by atoms with Gasteiger partial charge in [-0.3, -0.25) is 9.59 Å². The molecule has 0 unspecified atom stereocenters. The van der Waals surface area contributed by atoms with Crippen molar-refractivity contribution in [2.24, 2.45) is 0 Å². The fourth-order valence-corrected chi connectivity index (χ4v) is 1.96. The highest BCUT2D eigenvalue weighted by molar-refractivity contribution is 6.04. The number of benzene rings is 1. The molecule has 0 saturated carbocycles. The van der Waals surface area contributed by atoms with Crippen LogP contribution >= 0.6 is 0 Å². The molecular formula is C17H19N3O3. The number of aromatic nitrogens is 1. The number of pyridine rings is 1. The summed E-state index contributed by atoms with van der Waals surface area (Å²) in [5, 5.41) is 5.47. The second kappa shape index (κ2) is 7.40. The van der Waals surface area contributed by atoms with E-state index < -0.39 is 5.91 Å². The van der Waals surface area contributed by atoms with E-state index in [9.17, 15) is 9.59 Å². The van der Waals surface area contributed by atoms with Crippen LogP contribution in [0.25, 0.3) is 0 Å². The van der Waals surface area contributed by atoms with E-state index in [1.807, 2.05) is 19.9 Å². The number of para-hydroxylation sites is 2. The van der Waals surface area contributed by atoms with Crippen LogP contribution in [0.5, 0.6) is 5.75 Å². The van der Waals surface area contributed by atoms with Crippen molar-refractivity contribution in [1.29, 1.82) is 0 Å². The average Bonchev–Trinajstić information content (AvgIpc) is 2.55. The number of hydrogen-bond acceptors (Lipinski definition) is 4. The maximum atomic E-state index is 12.3. The van der Waals surface area contributed by atoms with Gasteiger partial charge < -0.3 is 15.4 Å². The van der Waals surface area contributed by atoms with Gasteiger partial charge in [-0.2, -0.15) is 0 Å². The summed E-state index contributed by atoms with van der Waals surface area (Å²) in [4.78, 5) is 28.4. The molecule has 2 amide bonds. The average molecular weight is 313 g/mol. The Bertz CT molecular complexity index is 714. The Hall–Kier alpha value is -2.89. The molecule has 0 atom stereocenters. The van der Waals surface area contributed by atoms with E-state index in [0.29, 0.717) is 11.4 Å². The zero-order valence-corrected chi connectivity index (χ0v) is 13.3. The van der Waals surface area contributed by atoms with Crippen molar-refractivity contribution >= 4 is 17.5 Å². The van der Waals surface area contributed by atoms with Gasteiger partial charge in [-0.25, -0.2) is 4.98 Å². The smallest absolute Gasteiger partial charge is 0.274 e. The van der Waals surface area contributed by atoms with Gasteiger partial charge in [0.15, 0.2) is 0 Å². The Labute approximate surface area is 134 Å². The van der Waals surface area contributed by atoms with Crippen molar-refractivity contribution < 1.29 is 14.3 Å². The first-order chi connectivity index (χ1) is 11.0. The van der Waals surface area contributed by atoms with E-state index in [0.717, 1.165) is 0 Å². The van der Waals surface area contributed by atoms with E-state index in [1.54, 1.807) is 36.4 Å². The number of nitrogens with zero attached hydrogens (tertiary/aromatic N) is 1. The Kier molecular flexibility index (Phi) is 5.30. The van der Waals surface area contributed by atoms with Gasteiger partial charge in [0.1, 0.15) is 17.1 Å². The number of rotatable bonds is 5. The first-order valence-electron chi connectivity index (χ1n) is 7.23. The molecule has 0 aliphatic heterocycles. The van der Waals surface area contributed by atoms with Crippen LogP contribution in [-0.2, 0) is 0 Å². The molecule has 0 aliphatic carbocycles. The van der Waals surface area contributed by atoms with Crippen LogP contribution in [0.1, 0.15) is 34.8 Å². The molecule has 0 radical (unpaired) electrons. The fourth-order valence-electron chi connectivity index (χ4n) is 1.96. The van der Waals surface area contributed by atoms with Gasteiger partial charge in [-0.05, 0) is 38.1 Å². The highest BCUT2D eigenvalue weighted by Crippen LogP contribution is 2.23. The minimum atomic E-state index is -0.409. The first-order valence-corrected chi connectivity index (χ1v) is 7.23. The zero-order valence-electron chi connectivity index (χ0n) is 13.3. The number of carbonyl (C=O) groups excluding carboxylic acids is 2. The third-order valence-corrected chi connectivity index (χ3v) is 2.99. The molecule has 6 nitrogen and oxygen atoms in total. The van der Waals surface area contributed by atoms with Crippen LogP contribution < -0.4 is 15.4 Å². The SMILES string of the molecule is COc1ccccc1NC(=O)c1cccc(C(=O)NC(C)C)n1. The third-order valence-electron chi connectivity index (χ3n) is 2.99. The van der Waals surface area contributed by atoms with E-state index >= 15 is 0 Å². The van der Waals surface area contributed by atoms with Gasteiger partial charge in [-0.1, -0.05) is 18.2 Å². The molecule has 0 saturated heterocycles. The summed E-state index contributed by atoms with van der Waals surface area (Å²) in [6.07, 6.45) is 0. The summed E-state index contributed by atoms with van der Waals surface area (Å²) in [6, 6.07) is 11.8. The molecule has 2 N–H and O–H groups in total. The number of amides is 2. The molecule has 2 rings (SSSR count). The van der Waals surface area contributed by atoms with Crippen LogP contribution in [0.15, 0.2) is 42.5 Å². The second-order valence-corrected chi connectivity index (χ2v) is 5.19. The molecule has 1 heterocycles. The lowest BCUT2D eigenvalue weighted by molar-refractivity contribution is 0.0938. The fraction of sp³-hybridized carbons (Fsp3) is 0.235. The zero-order chi connectivity index (χ0) is 16.8. The lowest BCUT2D eigenvalue weighted by Gasteiger charge is -2.10. The molecule has 2 aromatic rings. The Morgan fingerprint density at radius 3 is 2.30 bits per heavy atom. The lowest BCUT2D eigenvalue weighted by atomic mass is 10.2. The van der Waals surface area contributed by atoms with Crippen LogP contribution in [0.2, 0.25) is 0 Å². The van der Waals surface area contributed by atoms with Crippen molar-refractivity contribution in [3.8, 4) is 5.75 Å². The molecule has 0 spiro atoms. The summed E-state index contributed by atoms with van der Waals surface area (Å²) in [5.41, 5.74) is 0.900. The predicted octanol–water partition coefficient (Wildman–Crippen LogP) is 2.48. The summed E-state index contributed by atoms with van der Waals surface area (Å²) < 4.78 is 5.19. The highest BCUT2D eigenvalue weighted by Gasteiger charge is 2.14. The van der Waals surface area contributed by atoms with Crippen molar-refractivity contribution in [2.45, 2.75) is 19.9 Å². The third kappa shape index (κ3) is 4.29. The molecule has 0 bridgehead atoms. The van der Waals surface area contributed by atoms with E-state index in [4.69, 9.17) is 4.74 Å². The number of carbonyl (C=O) groups is 2. The van der Waals surface area contributed by atoms with Gasteiger partial charge in [0.25, 0.3) is 11.8 Å². The molecule has 0 fully saturated rings. The minimum Gasteiger partial charge on any atom is -0.495 e. The maximum absolute atomic E-state index is 12.3. The van der Waals surface area contributed by atoms with Gasteiger partial charge in [0.05, 0.1) is 12.8 Å². The van der Waals surface area contributed by atoms with Gasteiger partial charge in [0.2, 0.25) is 0 Å². The number of anilines is 1. The van der Waals surface area contributed by atoms with Crippen molar-refractivity contribution in [1.82, 2.24) is 10.3 Å². The standard InChI is InChI=1S/C17H19N3O3/c1-11(2)18-16(21)13-8-6-9-14(19-13)17(22)20-12-7-4-5-10-15(12)23-3/h4-11H,1-3H3,(H,18,21)(H,20,22). The van der Waals surface area contributed by atoms with Crippen LogP contribution in [0.4, 0.5) is 5.69 Å². The first kappa shape index (κ1) is 16.5. The summed E-state index contributed by atoms with van der Waals surface area (Å²) >= 11 is 0. The monoisotopic (exact) mass is 313 g/mol. The van der Waals surface area contributed by atoms with Crippen molar-refractivity contribution in [3.63, 3.8) is 0 Å². The number of ether oxygens (including phenoxy) is 1. The topological polar surface area (TPSA) is 80.3 Å². The normalized spacial score (nSPS) is 10.3. The predicted molar refractivity (Wildman–Crippen MR) is 87.8 cm³/mol. The molecule has 23 heavy (non-hydrogen) atoms. The quantitative estimate of drug-likeness (QED) is 0.888. The summed E-state index contributed by atoms with van der Waals surface area (Å²) in [7, 11) is 1.53. The largest absolute Gasteiger partial charge is 0.495 e. The van der Waals surface area contributed by atoms with Gasteiger partial charge in [0, 0.05) is 6.04 Å². The van der Waals surface area contributed by atoms with Crippen molar-refractivity contribution in [2.75, 3.05) is 12.4 Å². The molecule has 6 heteroatoms. The highest BCUT2D eigenvalue weighted by atomic mass is 16.5. The van der Waals surface area contributed by atoms with Crippen LogP contribution in [0, 0.1) is 0 Å². The van der Waals surface area contributed by atoms with E-state index in [1.165, 1.54) is 7.11 Å². The molecule has 1 aromatic heterocycles. The van der Waals surface area contributed by atoms with Crippen molar-refractivity contribution in [3.05, 3.63) is 53.9 Å². The van der Waals surface area contributed by atoms with Gasteiger partial charge in [-0.15, -0.1) is 0 Å². The summed E-state index contributed by atoms with van der Waals surface area (Å²) in [5.74, 6) is -0.171.